The lowest BCUT2D eigenvalue weighted by Gasteiger charge is -2.37. The molecule has 2 aliphatic rings. The maximum Gasteiger partial charge on any atom is 0.185 e. The minimum absolute atomic E-state index is 0.122. The summed E-state index contributed by atoms with van der Waals surface area (Å²) in [5.41, 5.74) is 3.48. The molecule has 0 saturated carbocycles. The first-order valence-corrected chi connectivity index (χ1v) is 17.2. The monoisotopic (exact) mass is 694 g/mol. The molecule has 51 heavy (non-hydrogen) atoms. The Morgan fingerprint density at radius 3 is 2.10 bits per heavy atom. The molecule has 3 aromatic carbocycles. The minimum Gasteiger partial charge on any atom is -0.497 e. The Morgan fingerprint density at radius 1 is 0.863 bits per heavy atom. The topological polar surface area (TPSA) is 126 Å². The van der Waals surface area contributed by atoms with Crippen LogP contribution in [0, 0.1) is 0 Å². The van der Waals surface area contributed by atoms with Crippen molar-refractivity contribution in [1.82, 2.24) is 24.4 Å². The number of benzene rings is 3. The number of hydrogen-bond donors (Lipinski definition) is 1. The van der Waals surface area contributed by atoms with Crippen molar-refractivity contribution in [2.75, 3.05) is 54.7 Å². The molecule has 5 aromatic rings. The molecule has 0 amide bonds. The van der Waals surface area contributed by atoms with Gasteiger partial charge in [-0.2, -0.15) is 0 Å². The van der Waals surface area contributed by atoms with Gasteiger partial charge in [0.05, 0.1) is 46.5 Å². The lowest BCUT2D eigenvalue weighted by Crippen LogP contribution is -2.35. The first kappa shape index (κ1) is 35.9. The van der Waals surface area contributed by atoms with Gasteiger partial charge in [-0.15, -0.1) is 0 Å². The molecule has 268 valence electrons. The van der Waals surface area contributed by atoms with E-state index < -0.39 is 5.60 Å². The minimum atomic E-state index is -0.905. The van der Waals surface area contributed by atoms with Crippen LogP contribution in [-0.2, 0) is 19.8 Å². The number of amidine groups is 1. The van der Waals surface area contributed by atoms with Crippen LogP contribution >= 0.6 is 0 Å². The Labute approximate surface area is 298 Å². The van der Waals surface area contributed by atoms with Gasteiger partial charge in [-0.05, 0) is 60.2 Å². The quantitative estimate of drug-likeness (QED) is 0.158. The van der Waals surface area contributed by atoms with Crippen molar-refractivity contribution >= 4 is 22.8 Å². The zero-order valence-corrected chi connectivity index (χ0v) is 29.6. The second kappa shape index (κ2) is 16.9. The molecule has 12 nitrogen and oxygen atoms in total. The maximum absolute atomic E-state index is 7.94. The van der Waals surface area contributed by atoms with E-state index in [0.29, 0.717) is 24.5 Å². The third-order valence-electron chi connectivity index (χ3n) is 9.26. The summed E-state index contributed by atoms with van der Waals surface area (Å²) in [5, 5.41) is 7.94. The fourth-order valence-corrected chi connectivity index (χ4v) is 6.59. The second-order valence-corrected chi connectivity index (χ2v) is 12.4. The van der Waals surface area contributed by atoms with Crippen molar-refractivity contribution in [3.05, 3.63) is 108 Å². The second-order valence-electron chi connectivity index (χ2n) is 12.4. The standard InChI is InChI=1S/C36H38N6O4.C3H8O2/c1-41-21-7-10-31(41)40-34-33-35(38-23-37-34)42(24-39-33)32-20-19-30(46-32)22-45-36(25-8-5-4-6-9-25,26-11-15-28(43-2)16-12-26)27-13-17-29(44-3)18-14-27;1-5-3-2-4/h4-6,8-9,11-18,23-24,30,32H,7,10,19-22H2,1-3H3;4H,2-3H2,1H3/b40-31+;. The number of aliphatic hydroxyl groups is 1. The van der Waals surface area contributed by atoms with Crippen LogP contribution in [0.5, 0.6) is 11.5 Å². The van der Waals surface area contributed by atoms with E-state index in [0.717, 1.165) is 71.9 Å². The fourth-order valence-electron chi connectivity index (χ4n) is 6.59. The van der Waals surface area contributed by atoms with Crippen molar-refractivity contribution < 1.29 is 28.8 Å². The van der Waals surface area contributed by atoms with Gasteiger partial charge in [0, 0.05) is 27.1 Å². The molecule has 12 heteroatoms. The van der Waals surface area contributed by atoms with Gasteiger partial charge in [0.25, 0.3) is 0 Å². The molecule has 2 saturated heterocycles. The summed E-state index contributed by atoms with van der Waals surface area (Å²) in [6, 6.07) is 26.5. The summed E-state index contributed by atoms with van der Waals surface area (Å²) in [6.07, 6.45) is 6.64. The van der Waals surface area contributed by atoms with Gasteiger partial charge in [-0.3, -0.25) is 4.57 Å². The Balaban J connectivity index is 0.000000839. The summed E-state index contributed by atoms with van der Waals surface area (Å²) >= 11 is 0. The van der Waals surface area contributed by atoms with Crippen LogP contribution in [0.15, 0.2) is 96.5 Å². The van der Waals surface area contributed by atoms with E-state index in [4.69, 9.17) is 29.0 Å². The average molecular weight is 695 g/mol. The van der Waals surface area contributed by atoms with Gasteiger partial charge in [-0.25, -0.2) is 19.9 Å². The lowest BCUT2D eigenvalue weighted by atomic mass is 9.80. The number of aromatic nitrogens is 4. The average Bonchev–Trinajstić information content (AvgIpc) is 3.94. The van der Waals surface area contributed by atoms with Gasteiger partial charge in [0.1, 0.15) is 35.5 Å². The number of likely N-dealkylation sites (tertiary alicyclic amines) is 1. The molecule has 0 bridgehead atoms. The third kappa shape index (κ3) is 7.89. The molecule has 0 radical (unpaired) electrons. The predicted octanol–water partition coefficient (Wildman–Crippen LogP) is 5.91. The van der Waals surface area contributed by atoms with E-state index in [1.165, 1.54) is 0 Å². The van der Waals surface area contributed by atoms with Gasteiger partial charge in [-0.1, -0.05) is 54.6 Å². The molecule has 2 fully saturated rings. The highest BCUT2D eigenvalue weighted by molar-refractivity contribution is 5.90. The number of nitrogens with zero attached hydrogens (tertiary/aromatic N) is 6. The van der Waals surface area contributed by atoms with Crippen molar-refractivity contribution in [3.8, 4) is 11.5 Å². The summed E-state index contributed by atoms with van der Waals surface area (Å²) < 4.78 is 31.1. The summed E-state index contributed by atoms with van der Waals surface area (Å²) in [5.74, 6) is 3.18. The highest BCUT2D eigenvalue weighted by Gasteiger charge is 2.40. The maximum atomic E-state index is 7.94. The van der Waals surface area contributed by atoms with E-state index in [-0.39, 0.29) is 18.9 Å². The number of hydrogen-bond acceptors (Lipinski definition) is 10. The van der Waals surface area contributed by atoms with Crippen molar-refractivity contribution in [1.29, 1.82) is 0 Å². The van der Waals surface area contributed by atoms with Crippen LogP contribution < -0.4 is 9.47 Å². The normalized spacial score (nSPS) is 18.2. The molecule has 0 aliphatic carbocycles. The van der Waals surface area contributed by atoms with Crippen LogP contribution in [0.3, 0.4) is 0 Å². The molecule has 7 rings (SSSR count). The predicted molar refractivity (Wildman–Crippen MR) is 195 cm³/mol. The Kier molecular flexibility index (Phi) is 11.9. The summed E-state index contributed by atoms with van der Waals surface area (Å²) in [7, 11) is 6.96. The van der Waals surface area contributed by atoms with E-state index in [1.54, 1.807) is 34.0 Å². The van der Waals surface area contributed by atoms with Crippen molar-refractivity contribution in [2.24, 2.45) is 4.99 Å². The largest absolute Gasteiger partial charge is 0.497 e. The Bertz CT molecular complexity index is 1820. The smallest absolute Gasteiger partial charge is 0.185 e. The number of imidazole rings is 1. The molecule has 2 unspecified atom stereocenters. The van der Waals surface area contributed by atoms with Gasteiger partial charge in [0.2, 0.25) is 0 Å². The zero-order chi connectivity index (χ0) is 35.6. The molecule has 2 aliphatic heterocycles. The number of methoxy groups -OCH3 is 3. The summed E-state index contributed by atoms with van der Waals surface area (Å²) in [4.78, 5) is 20.7. The first-order valence-electron chi connectivity index (χ1n) is 17.2. The molecule has 1 N–H and O–H groups in total. The first-order chi connectivity index (χ1) is 25.0. The van der Waals surface area contributed by atoms with E-state index in [1.807, 2.05) is 47.0 Å². The molecule has 4 heterocycles. The van der Waals surface area contributed by atoms with Gasteiger partial charge < -0.3 is 33.7 Å². The molecule has 0 spiro atoms. The molecular formula is C39H46N6O6. The number of aliphatic imine (C=N–C) groups is 1. The van der Waals surface area contributed by atoms with Gasteiger partial charge >= 0.3 is 0 Å². The van der Waals surface area contributed by atoms with E-state index in [9.17, 15) is 0 Å². The van der Waals surface area contributed by atoms with Crippen LogP contribution in [0.25, 0.3) is 11.2 Å². The zero-order valence-electron chi connectivity index (χ0n) is 29.6. The number of rotatable bonds is 12. The highest BCUT2D eigenvalue weighted by Crippen LogP contribution is 2.43. The number of aliphatic hydroxyl groups excluding tert-OH is 1. The van der Waals surface area contributed by atoms with Crippen LogP contribution in [-0.4, -0.2) is 96.2 Å². The van der Waals surface area contributed by atoms with Crippen LogP contribution in [0.4, 0.5) is 5.82 Å². The molecular weight excluding hydrogens is 648 g/mol. The molecule has 2 atom stereocenters. The fraction of sp³-hybridized carbons (Fsp3) is 0.385. The highest BCUT2D eigenvalue weighted by atomic mass is 16.6. The number of fused-ring (bicyclic) bond motifs is 1. The van der Waals surface area contributed by atoms with E-state index in [2.05, 4.69) is 68.0 Å². The lowest BCUT2D eigenvalue weighted by molar-refractivity contribution is -0.0756. The number of ether oxygens (including phenoxy) is 5. The van der Waals surface area contributed by atoms with Crippen molar-refractivity contribution in [3.63, 3.8) is 0 Å². The van der Waals surface area contributed by atoms with E-state index >= 15 is 0 Å². The van der Waals surface area contributed by atoms with Crippen LogP contribution in [0.1, 0.15) is 48.6 Å². The Hall–Kier alpha value is -4.88. The third-order valence-corrected chi connectivity index (χ3v) is 9.26. The van der Waals surface area contributed by atoms with Crippen molar-refractivity contribution in [2.45, 2.75) is 43.6 Å². The van der Waals surface area contributed by atoms with Crippen LogP contribution in [0.2, 0.25) is 0 Å². The Morgan fingerprint density at radius 2 is 1.53 bits per heavy atom. The SMILES string of the molecule is COCCO.COc1ccc(C(OCC2CCC(n3cnc4c(/N=C5\CCCN5C)ncnc43)O2)(c2ccccc2)c2ccc(OC)cc2)cc1. The van der Waals surface area contributed by atoms with Gasteiger partial charge in [0.15, 0.2) is 17.0 Å². The molecule has 2 aromatic heterocycles. The summed E-state index contributed by atoms with van der Waals surface area (Å²) in [6.45, 7) is 1.94.